The van der Waals surface area contributed by atoms with Crippen molar-refractivity contribution in [3.63, 3.8) is 0 Å². The molecule has 1 aromatic carbocycles. The highest BCUT2D eigenvalue weighted by atomic mass is 35.5. The number of hydrogen-bond donors (Lipinski definition) is 1. The first-order valence-corrected chi connectivity index (χ1v) is 8.52. The molecule has 8 heteroatoms. The predicted octanol–water partition coefficient (Wildman–Crippen LogP) is 4.41. The molecule has 3 aromatic rings. The molecule has 0 bridgehead atoms. The molecule has 134 valence electrons. The predicted molar refractivity (Wildman–Crippen MR) is 100.0 cm³/mol. The van der Waals surface area contributed by atoms with Crippen LogP contribution in [0.15, 0.2) is 36.5 Å². The van der Waals surface area contributed by atoms with Crippen molar-refractivity contribution in [2.75, 3.05) is 5.32 Å². The number of benzene rings is 1. The van der Waals surface area contributed by atoms with Gasteiger partial charge in [0.05, 0.1) is 21.3 Å². The highest BCUT2D eigenvalue weighted by Crippen LogP contribution is 2.27. The van der Waals surface area contributed by atoms with Crippen molar-refractivity contribution in [1.82, 2.24) is 9.38 Å². The number of nitrogens with one attached hydrogen (secondary N) is 1. The molecule has 3 rings (SSSR count). The maximum atomic E-state index is 12.9. The Morgan fingerprint density at radius 2 is 2.15 bits per heavy atom. The van der Waals surface area contributed by atoms with Gasteiger partial charge in [-0.25, -0.2) is 4.98 Å². The van der Waals surface area contributed by atoms with E-state index in [2.05, 4.69) is 10.3 Å². The maximum Gasteiger partial charge on any atom is 0.274 e. The van der Waals surface area contributed by atoms with Crippen LogP contribution in [0.4, 0.5) is 11.4 Å². The fraction of sp³-hybridized carbons (Fsp3) is 0.222. The van der Waals surface area contributed by atoms with Crippen molar-refractivity contribution in [2.24, 2.45) is 0 Å². The van der Waals surface area contributed by atoms with Gasteiger partial charge in [0.2, 0.25) is 0 Å². The minimum Gasteiger partial charge on any atom is -0.319 e. The van der Waals surface area contributed by atoms with Crippen molar-refractivity contribution in [2.45, 2.75) is 26.7 Å². The largest absolute Gasteiger partial charge is 0.319 e. The summed E-state index contributed by atoms with van der Waals surface area (Å²) in [4.78, 5) is 27.8. The number of rotatable bonds is 5. The fourth-order valence-electron chi connectivity index (χ4n) is 2.80. The van der Waals surface area contributed by atoms with Crippen molar-refractivity contribution in [3.8, 4) is 0 Å². The molecule has 0 aliphatic carbocycles. The number of pyridine rings is 1. The number of aromatic nitrogens is 2. The quantitative estimate of drug-likeness (QED) is 0.530. The zero-order chi connectivity index (χ0) is 18.8. The number of hydrogen-bond acceptors (Lipinski definition) is 4. The van der Waals surface area contributed by atoms with Crippen LogP contribution in [0, 0.1) is 17.0 Å². The highest BCUT2D eigenvalue weighted by Gasteiger charge is 2.21. The van der Waals surface area contributed by atoms with Crippen molar-refractivity contribution >= 4 is 34.5 Å². The molecule has 0 atom stereocenters. The fourth-order valence-corrected chi connectivity index (χ4v) is 3.02. The third-order valence-electron chi connectivity index (χ3n) is 4.03. The minimum atomic E-state index is -0.538. The van der Waals surface area contributed by atoms with Crippen LogP contribution < -0.4 is 5.32 Å². The van der Waals surface area contributed by atoms with Crippen LogP contribution in [0.25, 0.3) is 5.65 Å². The third-order valence-corrected chi connectivity index (χ3v) is 4.34. The number of non-ortho nitro benzene ring substituents is 1. The average Bonchev–Trinajstić information content (AvgIpc) is 2.96. The first-order chi connectivity index (χ1) is 12.4. The molecule has 0 spiro atoms. The molecule has 2 aromatic heterocycles. The zero-order valence-corrected chi connectivity index (χ0v) is 15.1. The molecule has 2 heterocycles. The van der Waals surface area contributed by atoms with Gasteiger partial charge in [-0.05, 0) is 31.0 Å². The Bertz CT molecular complexity index is 1010. The second-order valence-electron chi connectivity index (χ2n) is 5.92. The van der Waals surface area contributed by atoms with Gasteiger partial charge >= 0.3 is 0 Å². The number of carbonyl (C=O) groups is 1. The molecule has 0 aliphatic heterocycles. The van der Waals surface area contributed by atoms with E-state index in [-0.39, 0.29) is 16.6 Å². The summed E-state index contributed by atoms with van der Waals surface area (Å²) in [6, 6.07) is 7.73. The molecule has 0 radical (unpaired) electrons. The topological polar surface area (TPSA) is 89.5 Å². The number of nitro benzene ring substituents is 1. The van der Waals surface area contributed by atoms with Gasteiger partial charge in [-0.1, -0.05) is 31.0 Å². The summed E-state index contributed by atoms with van der Waals surface area (Å²) < 4.78 is 1.76. The van der Waals surface area contributed by atoms with Crippen LogP contribution in [-0.2, 0) is 6.42 Å². The lowest BCUT2D eigenvalue weighted by molar-refractivity contribution is -0.384. The summed E-state index contributed by atoms with van der Waals surface area (Å²) in [5.41, 5.74) is 3.03. The van der Waals surface area contributed by atoms with E-state index in [1.165, 1.54) is 18.2 Å². The smallest absolute Gasteiger partial charge is 0.274 e. The summed E-state index contributed by atoms with van der Waals surface area (Å²) in [5.74, 6) is -0.359. The van der Waals surface area contributed by atoms with Crippen LogP contribution >= 0.6 is 11.6 Å². The Kier molecular flexibility index (Phi) is 4.90. The second kappa shape index (κ2) is 7.13. The van der Waals surface area contributed by atoms with E-state index in [0.717, 1.165) is 17.6 Å². The zero-order valence-electron chi connectivity index (χ0n) is 14.3. The normalized spacial score (nSPS) is 10.9. The van der Waals surface area contributed by atoms with Gasteiger partial charge in [-0.3, -0.25) is 19.3 Å². The summed E-state index contributed by atoms with van der Waals surface area (Å²) in [5, 5.41) is 13.7. The Hall–Kier alpha value is -2.93. The van der Waals surface area contributed by atoms with Crippen LogP contribution in [0.3, 0.4) is 0 Å². The highest BCUT2D eigenvalue weighted by molar-refractivity contribution is 6.34. The molecular weight excluding hydrogens is 356 g/mol. The summed E-state index contributed by atoms with van der Waals surface area (Å²) in [6.07, 6.45) is 3.31. The second-order valence-corrected chi connectivity index (χ2v) is 6.32. The van der Waals surface area contributed by atoms with Crippen LogP contribution in [-0.4, -0.2) is 20.2 Å². The van der Waals surface area contributed by atoms with Crippen molar-refractivity contribution < 1.29 is 9.72 Å². The first-order valence-electron chi connectivity index (χ1n) is 8.14. The van der Waals surface area contributed by atoms with Gasteiger partial charge in [0.1, 0.15) is 11.3 Å². The Balaban J connectivity index is 2.01. The van der Waals surface area contributed by atoms with E-state index in [0.29, 0.717) is 23.5 Å². The van der Waals surface area contributed by atoms with Crippen LogP contribution in [0.5, 0.6) is 0 Å². The molecule has 0 unspecified atom stereocenters. The SMILES string of the molecule is CCCc1nc2c(C)cccn2c1C(=O)Nc1ccc([N+](=O)[O-])cc1Cl. The minimum absolute atomic E-state index is 0.106. The molecule has 7 nitrogen and oxygen atoms in total. The Labute approximate surface area is 154 Å². The summed E-state index contributed by atoms with van der Waals surface area (Å²) >= 11 is 6.08. The third kappa shape index (κ3) is 3.25. The molecule has 0 fully saturated rings. The van der Waals surface area contributed by atoms with E-state index in [4.69, 9.17) is 11.6 Å². The van der Waals surface area contributed by atoms with Crippen molar-refractivity contribution in [1.29, 1.82) is 0 Å². The molecule has 1 amide bonds. The monoisotopic (exact) mass is 372 g/mol. The van der Waals surface area contributed by atoms with E-state index in [9.17, 15) is 14.9 Å². The number of imidazole rings is 1. The number of halogens is 1. The van der Waals surface area contributed by atoms with Gasteiger partial charge in [0, 0.05) is 18.3 Å². The molecule has 1 N–H and O–H groups in total. The van der Waals surface area contributed by atoms with Gasteiger partial charge in [-0.2, -0.15) is 0 Å². The molecule has 26 heavy (non-hydrogen) atoms. The summed E-state index contributed by atoms with van der Waals surface area (Å²) in [7, 11) is 0. The number of carbonyl (C=O) groups excluding carboxylic acids is 1. The Morgan fingerprint density at radius 3 is 2.81 bits per heavy atom. The van der Waals surface area contributed by atoms with E-state index in [1.54, 1.807) is 10.6 Å². The van der Waals surface area contributed by atoms with Gasteiger partial charge in [-0.15, -0.1) is 0 Å². The van der Waals surface area contributed by atoms with Gasteiger partial charge < -0.3 is 5.32 Å². The number of fused-ring (bicyclic) bond motifs is 1. The standard InChI is InChI=1S/C18H17ClN4O3/c1-3-5-15-16(22-9-4-6-11(2)17(22)20-15)18(24)21-14-8-7-12(23(25)26)10-13(14)19/h4,6-10H,3,5H2,1-2H3,(H,21,24). The number of nitro groups is 1. The molecule has 0 saturated carbocycles. The maximum absolute atomic E-state index is 12.9. The molecular formula is C18H17ClN4O3. The molecule has 0 aliphatic rings. The lowest BCUT2D eigenvalue weighted by Gasteiger charge is -2.09. The number of nitrogens with zero attached hydrogens (tertiary/aromatic N) is 3. The Morgan fingerprint density at radius 1 is 1.38 bits per heavy atom. The van der Waals surface area contributed by atoms with Gasteiger partial charge in [0.15, 0.2) is 0 Å². The first kappa shape index (κ1) is 17.9. The summed E-state index contributed by atoms with van der Waals surface area (Å²) in [6.45, 7) is 3.96. The van der Waals surface area contributed by atoms with Gasteiger partial charge in [0.25, 0.3) is 11.6 Å². The van der Waals surface area contributed by atoms with Crippen LogP contribution in [0.1, 0.15) is 35.1 Å². The van der Waals surface area contributed by atoms with Crippen molar-refractivity contribution in [3.05, 3.63) is 68.6 Å². The molecule has 0 saturated heterocycles. The number of aryl methyl sites for hydroxylation is 2. The number of amides is 1. The van der Waals surface area contributed by atoms with E-state index >= 15 is 0 Å². The van der Waals surface area contributed by atoms with E-state index in [1.807, 2.05) is 26.0 Å². The number of anilines is 1. The lowest BCUT2D eigenvalue weighted by atomic mass is 10.2. The van der Waals surface area contributed by atoms with Crippen LogP contribution in [0.2, 0.25) is 5.02 Å². The van der Waals surface area contributed by atoms with E-state index < -0.39 is 4.92 Å². The average molecular weight is 373 g/mol. The lowest BCUT2D eigenvalue weighted by Crippen LogP contribution is -2.16.